The first-order valence-corrected chi connectivity index (χ1v) is 6.99. The van der Waals surface area contributed by atoms with Gasteiger partial charge in [0.2, 0.25) is 0 Å². The first kappa shape index (κ1) is 12.5. The van der Waals surface area contributed by atoms with Gasteiger partial charge in [-0.05, 0) is 41.3 Å². The molecule has 0 aliphatic heterocycles. The summed E-state index contributed by atoms with van der Waals surface area (Å²) in [6.07, 6.45) is 2.28. The van der Waals surface area contributed by atoms with Gasteiger partial charge < -0.3 is 0 Å². The molecule has 80 valence electrons. The van der Waals surface area contributed by atoms with Crippen molar-refractivity contribution in [2.45, 2.75) is 39.0 Å². The molecule has 2 unspecified atom stereocenters. The molecular weight excluding hydrogens is 280 g/mol. The molecular formula is C11H16BrClS. The Hall–Kier alpha value is 0.470. The Morgan fingerprint density at radius 2 is 2.21 bits per heavy atom. The van der Waals surface area contributed by atoms with Crippen molar-refractivity contribution >= 4 is 38.9 Å². The van der Waals surface area contributed by atoms with E-state index in [-0.39, 0.29) is 5.38 Å². The highest BCUT2D eigenvalue weighted by molar-refractivity contribution is 9.10. The molecule has 0 amide bonds. The third-order valence-electron chi connectivity index (χ3n) is 2.49. The Labute approximate surface area is 104 Å². The fraction of sp³-hybridized carbons (Fsp3) is 0.636. The Bertz CT molecular complexity index is 276. The highest BCUT2D eigenvalue weighted by Gasteiger charge is 2.14. The van der Waals surface area contributed by atoms with E-state index in [1.54, 1.807) is 11.3 Å². The molecule has 0 fully saturated rings. The summed E-state index contributed by atoms with van der Waals surface area (Å²) < 4.78 is 1.19. The minimum Gasteiger partial charge on any atom is -0.143 e. The second-order valence-electron chi connectivity index (χ2n) is 3.77. The maximum Gasteiger partial charge on any atom is 0.0681 e. The molecule has 14 heavy (non-hydrogen) atoms. The van der Waals surface area contributed by atoms with E-state index in [2.05, 4.69) is 42.8 Å². The van der Waals surface area contributed by atoms with Crippen molar-refractivity contribution in [2.24, 2.45) is 5.92 Å². The van der Waals surface area contributed by atoms with E-state index in [0.717, 1.165) is 6.42 Å². The van der Waals surface area contributed by atoms with Gasteiger partial charge in [-0.25, -0.2) is 0 Å². The molecule has 1 aromatic rings. The first-order valence-electron chi connectivity index (χ1n) is 4.94. The molecule has 0 radical (unpaired) electrons. The number of aryl methyl sites for hydroxylation is 1. The lowest BCUT2D eigenvalue weighted by atomic mass is 10.0. The van der Waals surface area contributed by atoms with Crippen molar-refractivity contribution < 1.29 is 0 Å². The molecule has 0 bridgehead atoms. The van der Waals surface area contributed by atoms with Crippen LogP contribution < -0.4 is 0 Å². The number of alkyl halides is 1. The second kappa shape index (κ2) is 5.53. The van der Waals surface area contributed by atoms with Crippen LogP contribution in [0.1, 0.15) is 41.8 Å². The predicted octanol–water partition coefficient (Wildman–Crippen LogP) is 5.54. The lowest BCUT2D eigenvalue weighted by Crippen LogP contribution is -1.97. The Kier molecular flexibility index (Phi) is 4.95. The molecule has 0 spiro atoms. The van der Waals surface area contributed by atoms with E-state index in [0.29, 0.717) is 5.92 Å². The summed E-state index contributed by atoms with van der Waals surface area (Å²) in [5.41, 5.74) is 0. The van der Waals surface area contributed by atoms with Gasteiger partial charge in [0, 0.05) is 14.2 Å². The fourth-order valence-corrected chi connectivity index (χ4v) is 3.32. The lowest BCUT2D eigenvalue weighted by molar-refractivity contribution is 0.510. The SMILES string of the molecule is CCC(C)CC(Cl)c1cc(Br)c(C)s1. The molecule has 0 saturated heterocycles. The zero-order chi connectivity index (χ0) is 10.7. The predicted molar refractivity (Wildman–Crippen MR) is 69.4 cm³/mol. The third-order valence-corrected chi connectivity index (χ3v) is 5.28. The van der Waals surface area contributed by atoms with Gasteiger partial charge in [-0.3, -0.25) is 0 Å². The van der Waals surface area contributed by atoms with E-state index in [4.69, 9.17) is 11.6 Å². The van der Waals surface area contributed by atoms with Crippen LogP contribution >= 0.6 is 38.9 Å². The second-order valence-corrected chi connectivity index (χ2v) is 6.44. The number of hydrogen-bond donors (Lipinski definition) is 0. The Morgan fingerprint density at radius 1 is 1.57 bits per heavy atom. The summed E-state index contributed by atoms with van der Waals surface area (Å²) in [6, 6.07) is 2.15. The monoisotopic (exact) mass is 294 g/mol. The van der Waals surface area contributed by atoms with Gasteiger partial charge in [0.25, 0.3) is 0 Å². The third kappa shape index (κ3) is 3.25. The van der Waals surface area contributed by atoms with Gasteiger partial charge in [0.15, 0.2) is 0 Å². The molecule has 0 aliphatic carbocycles. The summed E-state index contributed by atoms with van der Waals surface area (Å²) >= 11 is 11.7. The van der Waals surface area contributed by atoms with Crippen LogP contribution in [0.2, 0.25) is 0 Å². The maximum atomic E-state index is 6.35. The number of rotatable bonds is 4. The Morgan fingerprint density at radius 3 is 2.64 bits per heavy atom. The highest BCUT2D eigenvalue weighted by Crippen LogP contribution is 2.37. The molecule has 0 aliphatic rings. The summed E-state index contributed by atoms with van der Waals surface area (Å²) in [5.74, 6) is 0.707. The van der Waals surface area contributed by atoms with Crippen LogP contribution in [0.5, 0.6) is 0 Å². The van der Waals surface area contributed by atoms with Crippen LogP contribution in [0, 0.1) is 12.8 Å². The average molecular weight is 296 g/mol. The van der Waals surface area contributed by atoms with E-state index in [9.17, 15) is 0 Å². The van der Waals surface area contributed by atoms with Gasteiger partial charge >= 0.3 is 0 Å². The largest absolute Gasteiger partial charge is 0.143 e. The van der Waals surface area contributed by atoms with Crippen molar-refractivity contribution in [1.82, 2.24) is 0 Å². The fourth-order valence-electron chi connectivity index (χ4n) is 1.27. The summed E-state index contributed by atoms with van der Waals surface area (Å²) in [5, 5.41) is 0.181. The van der Waals surface area contributed by atoms with Crippen LogP contribution in [-0.4, -0.2) is 0 Å². The molecule has 0 nitrogen and oxygen atoms in total. The first-order chi connectivity index (χ1) is 6.54. The molecule has 1 heterocycles. The molecule has 2 atom stereocenters. The van der Waals surface area contributed by atoms with Gasteiger partial charge in [-0.15, -0.1) is 22.9 Å². The van der Waals surface area contributed by atoms with Crippen molar-refractivity contribution in [3.05, 3.63) is 20.3 Å². The lowest BCUT2D eigenvalue weighted by Gasteiger charge is -2.12. The van der Waals surface area contributed by atoms with Crippen LogP contribution in [0.4, 0.5) is 0 Å². The van der Waals surface area contributed by atoms with E-state index >= 15 is 0 Å². The molecule has 0 aromatic carbocycles. The number of thiophene rings is 1. The normalized spacial score (nSPS) is 15.5. The Balaban J connectivity index is 2.64. The van der Waals surface area contributed by atoms with Gasteiger partial charge in [0.1, 0.15) is 0 Å². The van der Waals surface area contributed by atoms with Crippen molar-refractivity contribution in [1.29, 1.82) is 0 Å². The quantitative estimate of drug-likeness (QED) is 0.640. The van der Waals surface area contributed by atoms with Gasteiger partial charge in [0.05, 0.1) is 5.38 Å². The van der Waals surface area contributed by atoms with E-state index < -0.39 is 0 Å². The van der Waals surface area contributed by atoms with Crippen LogP contribution in [0.3, 0.4) is 0 Å². The average Bonchev–Trinajstić information content (AvgIpc) is 2.47. The summed E-state index contributed by atoms with van der Waals surface area (Å²) in [7, 11) is 0. The molecule has 0 N–H and O–H groups in total. The molecule has 3 heteroatoms. The van der Waals surface area contributed by atoms with Crippen LogP contribution in [-0.2, 0) is 0 Å². The van der Waals surface area contributed by atoms with Crippen molar-refractivity contribution in [3.63, 3.8) is 0 Å². The zero-order valence-electron chi connectivity index (χ0n) is 8.81. The smallest absolute Gasteiger partial charge is 0.0681 e. The molecule has 1 rings (SSSR count). The van der Waals surface area contributed by atoms with Gasteiger partial charge in [-0.1, -0.05) is 20.3 Å². The molecule has 1 aromatic heterocycles. The van der Waals surface area contributed by atoms with Gasteiger partial charge in [-0.2, -0.15) is 0 Å². The summed E-state index contributed by atoms with van der Waals surface area (Å²) in [6.45, 7) is 6.58. The topological polar surface area (TPSA) is 0 Å². The minimum absolute atomic E-state index is 0.181. The number of hydrogen-bond acceptors (Lipinski definition) is 1. The van der Waals surface area contributed by atoms with Crippen LogP contribution in [0.25, 0.3) is 0 Å². The highest BCUT2D eigenvalue weighted by atomic mass is 79.9. The standard InChI is InChI=1S/C11H16BrClS/c1-4-7(2)5-10(13)11-6-9(12)8(3)14-11/h6-7,10H,4-5H2,1-3H3. The minimum atomic E-state index is 0.181. The zero-order valence-corrected chi connectivity index (χ0v) is 12.0. The van der Waals surface area contributed by atoms with Crippen LogP contribution in [0.15, 0.2) is 10.5 Å². The maximum absolute atomic E-state index is 6.35. The van der Waals surface area contributed by atoms with E-state index in [1.807, 2.05) is 0 Å². The van der Waals surface area contributed by atoms with Crippen molar-refractivity contribution in [2.75, 3.05) is 0 Å². The summed E-state index contributed by atoms with van der Waals surface area (Å²) in [4.78, 5) is 2.60. The van der Waals surface area contributed by atoms with E-state index in [1.165, 1.54) is 20.6 Å². The number of halogens is 2. The molecule has 0 saturated carbocycles. The van der Waals surface area contributed by atoms with Crippen molar-refractivity contribution in [3.8, 4) is 0 Å².